The average Bonchev–Trinajstić information content (AvgIpc) is 2.36. The highest BCUT2D eigenvalue weighted by Crippen LogP contribution is 2.23. The molecule has 0 fully saturated rings. The van der Waals surface area contributed by atoms with Crippen LogP contribution in [-0.2, 0) is 11.2 Å². The van der Waals surface area contributed by atoms with Crippen molar-refractivity contribution in [3.63, 3.8) is 0 Å². The van der Waals surface area contributed by atoms with Crippen molar-refractivity contribution in [2.24, 2.45) is 0 Å². The van der Waals surface area contributed by atoms with Gasteiger partial charge in [0.05, 0.1) is 12.2 Å². The van der Waals surface area contributed by atoms with Crippen LogP contribution in [0.15, 0.2) is 6.33 Å². The van der Waals surface area contributed by atoms with Crippen molar-refractivity contribution < 1.29 is 9.47 Å². The van der Waals surface area contributed by atoms with Crippen LogP contribution in [0.1, 0.15) is 25.3 Å². The van der Waals surface area contributed by atoms with Gasteiger partial charge in [-0.1, -0.05) is 13.3 Å². The van der Waals surface area contributed by atoms with E-state index in [0.717, 1.165) is 30.6 Å². The van der Waals surface area contributed by atoms with Crippen LogP contribution >= 0.6 is 0 Å². The maximum absolute atomic E-state index is 5.66. The number of ether oxygens (including phenoxy) is 2. The van der Waals surface area contributed by atoms with Gasteiger partial charge in [-0.25, -0.2) is 9.97 Å². The number of nitrogens with zero attached hydrogens (tertiary/aromatic N) is 2. The van der Waals surface area contributed by atoms with E-state index in [1.54, 1.807) is 7.11 Å². The highest BCUT2D eigenvalue weighted by atomic mass is 16.5. The van der Waals surface area contributed by atoms with Gasteiger partial charge in [0, 0.05) is 27.2 Å². The number of nitrogens with one attached hydrogen (secondary N) is 1. The van der Waals surface area contributed by atoms with Crippen LogP contribution < -0.4 is 10.1 Å². The molecule has 0 unspecified atom stereocenters. The molecule has 1 aromatic rings. The second kappa shape index (κ2) is 7.84. The van der Waals surface area contributed by atoms with E-state index in [1.807, 2.05) is 7.05 Å². The Morgan fingerprint density at radius 3 is 2.76 bits per heavy atom. The molecule has 0 saturated carbocycles. The number of hydrogen-bond acceptors (Lipinski definition) is 5. The zero-order chi connectivity index (χ0) is 12.5. The van der Waals surface area contributed by atoms with E-state index in [2.05, 4.69) is 22.2 Å². The summed E-state index contributed by atoms with van der Waals surface area (Å²) >= 11 is 0. The fourth-order valence-corrected chi connectivity index (χ4v) is 1.58. The number of rotatable bonds is 8. The van der Waals surface area contributed by atoms with E-state index in [4.69, 9.17) is 9.47 Å². The molecule has 1 rings (SSSR count). The summed E-state index contributed by atoms with van der Waals surface area (Å²) in [5.74, 6) is 1.53. The second-order valence-corrected chi connectivity index (χ2v) is 3.70. The van der Waals surface area contributed by atoms with Crippen molar-refractivity contribution in [1.29, 1.82) is 0 Å². The monoisotopic (exact) mass is 239 g/mol. The molecule has 1 aromatic heterocycles. The van der Waals surface area contributed by atoms with Crippen LogP contribution in [0.4, 0.5) is 5.82 Å². The summed E-state index contributed by atoms with van der Waals surface area (Å²) in [7, 11) is 3.54. The van der Waals surface area contributed by atoms with Gasteiger partial charge in [0.1, 0.15) is 12.1 Å². The minimum atomic E-state index is 0.616. The van der Waals surface area contributed by atoms with Gasteiger partial charge in [-0.2, -0.15) is 0 Å². The molecule has 0 aliphatic rings. The lowest BCUT2D eigenvalue weighted by molar-refractivity contribution is 0.170. The molecule has 1 heterocycles. The molecule has 0 spiro atoms. The van der Waals surface area contributed by atoms with Crippen LogP contribution in [0.5, 0.6) is 5.88 Å². The zero-order valence-electron chi connectivity index (χ0n) is 10.8. The van der Waals surface area contributed by atoms with Gasteiger partial charge in [0.2, 0.25) is 5.88 Å². The van der Waals surface area contributed by atoms with Crippen LogP contribution in [0, 0.1) is 0 Å². The highest BCUT2D eigenvalue weighted by molar-refractivity contribution is 5.48. The Morgan fingerprint density at radius 2 is 2.12 bits per heavy atom. The first-order valence-corrected chi connectivity index (χ1v) is 5.96. The van der Waals surface area contributed by atoms with Gasteiger partial charge >= 0.3 is 0 Å². The summed E-state index contributed by atoms with van der Waals surface area (Å²) in [5, 5.41) is 3.07. The molecule has 0 aromatic carbocycles. The third-order valence-corrected chi connectivity index (χ3v) is 2.37. The number of anilines is 1. The lowest BCUT2D eigenvalue weighted by atomic mass is 10.2. The summed E-state index contributed by atoms with van der Waals surface area (Å²) in [6, 6.07) is 0. The molecule has 0 radical (unpaired) electrons. The average molecular weight is 239 g/mol. The van der Waals surface area contributed by atoms with E-state index in [0.29, 0.717) is 19.1 Å². The summed E-state index contributed by atoms with van der Waals surface area (Å²) < 4.78 is 10.6. The van der Waals surface area contributed by atoms with E-state index in [-0.39, 0.29) is 0 Å². The predicted octanol–water partition coefficient (Wildman–Crippen LogP) is 1.89. The Morgan fingerprint density at radius 1 is 1.29 bits per heavy atom. The first kappa shape index (κ1) is 13.7. The summed E-state index contributed by atoms with van der Waals surface area (Å²) in [4.78, 5) is 8.38. The van der Waals surface area contributed by atoms with Crippen LogP contribution in [0.25, 0.3) is 0 Å². The molecule has 17 heavy (non-hydrogen) atoms. The number of aromatic nitrogens is 2. The van der Waals surface area contributed by atoms with Gasteiger partial charge in [0.15, 0.2) is 0 Å². The fraction of sp³-hybridized carbons (Fsp3) is 0.667. The topological polar surface area (TPSA) is 56.3 Å². The molecule has 96 valence electrons. The molecular weight excluding hydrogens is 218 g/mol. The van der Waals surface area contributed by atoms with Crippen molar-refractivity contribution in [2.45, 2.75) is 26.2 Å². The molecule has 5 nitrogen and oxygen atoms in total. The first-order chi connectivity index (χ1) is 8.33. The third kappa shape index (κ3) is 4.19. The van der Waals surface area contributed by atoms with E-state index in [9.17, 15) is 0 Å². The van der Waals surface area contributed by atoms with Crippen molar-refractivity contribution in [2.75, 3.05) is 32.7 Å². The summed E-state index contributed by atoms with van der Waals surface area (Å²) in [5.41, 5.74) is 1.05. The van der Waals surface area contributed by atoms with Gasteiger partial charge < -0.3 is 14.8 Å². The van der Waals surface area contributed by atoms with Crippen LogP contribution in [0.2, 0.25) is 0 Å². The first-order valence-electron chi connectivity index (χ1n) is 5.96. The maximum atomic E-state index is 5.66. The number of methoxy groups -OCH3 is 1. The SMILES string of the molecule is CCCc1c(NC)ncnc1OCCCOC. The van der Waals surface area contributed by atoms with Crippen LogP contribution in [0.3, 0.4) is 0 Å². The lowest BCUT2D eigenvalue weighted by Gasteiger charge is -2.12. The van der Waals surface area contributed by atoms with Crippen molar-refractivity contribution >= 4 is 5.82 Å². The minimum Gasteiger partial charge on any atom is -0.477 e. The zero-order valence-corrected chi connectivity index (χ0v) is 10.8. The molecule has 0 aliphatic heterocycles. The Bertz CT molecular complexity index is 332. The lowest BCUT2D eigenvalue weighted by Crippen LogP contribution is -2.08. The van der Waals surface area contributed by atoms with E-state index >= 15 is 0 Å². The van der Waals surface area contributed by atoms with Gasteiger partial charge in [-0.05, 0) is 6.42 Å². The molecule has 1 N–H and O–H groups in total. The smallest absolute Gasteiger partial charge is 0.221 e. The minimum absolute atomic E-state index is 0.616. The maximum Gasteiger partial charge on any atom is 0.221 e. The normalized spacial score (nSPS) is 10.3. The molecule has 5 heteroatoms. The fourth-order valence-electron chi connectivity index (χ4n) is 1.58. The molecule has 0 aliphatic carbocycles. The van der Waals surface area contributed by atoms with E-state index < -0.39 is 0 Å². The van der Waals surface area contributed by atoms with Crippen molar-refractivity contribution in [3.05, 3.63) is 11.9 Å². The number of hydrogen-bond donors (Lipinski definition) is 1. The molecule has 0 saturated heterocycles. The molecule has 0 bridgehead atoms. The molecular formula is C12H21N3O2. The highest BCUT2D eigenvalue weighted by Gasteiger charge is 2.10. The van der Waals surface area contributed by atoms with Crippen LogP contribution in [-0.4, -0.2) is 37.3 Å². The Kier molecular flexibility index (Phi) is 6.32. The van der Waals surface area contributed by atoms with Crippen molar-refractivity contribution in [1.82, 2.24) is 9.97 Å². The summed E-state index contributed by atoms with van der Waals surface area (Å²) in [6.45, 7) is 3.44. The van der Waals surface area contributed by atoms with Gasteiger partial charge in [-0.3, -0.25) is 0 Å². The molecule has 0 atom stereocenters. The summed E-state index contributed by atoms with van der Waals surface area (Å²) in [6.07, 6.45) is 4.34. The predicted molar refractivity (Wildman–Crippen MR) is 67.6 cm³/mol. The Labute approximate surface area is 103 Å². The van der Waals surface area contributed by atoms with Crippen molar-refractivity contribution in [3.8, 4) is 5.88 Å². The quantitative estimate of drug-likeness (QED) is 0.702. The van der Waals surface area contributed by atoms with Gasteiger partial charge in [-0.15, -0.1) is 0 Å². The molecule has 0 amide bonds. The van der Waals surface area contributed by atoms with E-state index in [1.165, 1.54) is 6.33 Å². The largest absolute Gasteiger partial charge is 0.477 e. The Balaban J connectivity index is 2.68. The Hall–Kier alpha value is -1.36. The third-order valence-electron chi connectivity index (χ3n) is 2.37. The van der Waals surface area contributed by atoms with Gasteiger partial charge in [0.25, 0.3) is 0 Å². The second-order valence-electron chi connectivity index (χ2n) is 3.70. The standard InChI is InChI=1S/C12H21N3O2/c1-4-6-10-11(13-2)14-9-15-12(10)17-8-5-7-16-3/h9H,4-8H2,1-3H3,(H,13,14,15).